The molecule has 0 unspecified atom stereocenters. The van der Waals surface area contributed by atoms with E-state index in [9.17, 15) is 4.79 Å². The third kappa shape index (κ3) is 4.59. The Hall–Kier alpha value is -2.44. The van der Waals surface area contributed by atoms with Crippen LogP contribution in [0.3, 0.4) is 0 Å². The molecule has 3 aromatic rings. The van der Waals surface area contributed by atoms with Crippen molar-refractivity contribution in [2.45, 2.75) is 13.3 Å². The van der Waals surface area contributed by atoms with Gasteiger partial charge in [0.1, 0.15) is 10.8 Å². The van der Waals surface area contributed by atoms with Crippen molar-refractivity contribution in [1.29, 1.82) is 0 Å². The molecular formula is C19H18ClN3O2S. The van der Waals surface area contributed by atoms with E-state index in [1.807, 2.05) is 49.4 Å². The van der Waals surface area contributed by atoms with Gasteiger partial charge >= 0.3 is 0 Å². The number of hydrogen-bond acceptors (Lipinski definition) is 5. The van der Waals surface area contributed by atoms with Crippen molar-refractivity contribution < 1.29 is 9.53 Å². The first-order valence-corrected chi connectivity index (χ1v) is 9.44. The molecule has 3 rings (SSSR count). The molecule has 134 valence electrons. The summed E-state index contributed by atoms with van der Waals surface area (Å²) >= 11 is 7.30. The molecule has 0 bridgehead atoms. The molecule has 0 fully saturated rings. The monoisotopic (exact) mass is 387 g/mol. The number of carbonyl (C=O) groups is 1. The van der Waals surface area contributed by atoms with Crippen LogP contribution in [0, 0.1) is 0 Å². The fourth-order valence-electron chi connectivity index (χ4n) is 2.32. The van der Waals surface area contributed by atoms with Crippen molar-refractivity contribution in [1.82, 2.24) is 10.2 Å². The molecule has 1 amide bonds. The van der Waals surface area contributed by atoms with Crippen LogP contribution in [0.5, 0.6) is 5.75 Å². The van der Waals surface area contributed by atoms with E-state index < -0.39 is 0 Å². The fourth-order valence-corrected chi connectivity index (χ4v) is 3.34. The van der Waals surface area contributed by atoms with Gasteiger partial charge in [0.2, 0.25) is 5.13 Å². The van der Waals surface area contributed by atoms with Crippen molar-refractivity contribution >= 4 is 34.0 Å². The highest BCUT2D eigenvalue weighted by Gasteiger charge is 2.20. The summed E-state index contributed by atoms with van der Waals surface area (Å²) in [5.74, 6) is 0.519. The molecule has 7 heteroatoms. The van der Waals surface area contributed by atoms with Gasteiger partial charge in [0.25, 0.3) is 5.91 Å². The molecule has 2 aromatic carbocycles. The van der Waals surface area contributed by atoms with Crippen molar-refractivity contribution in [3.63, 3.8) is 0 Å². The molecule has 0 aliphatic carbocycles. The number of ether oxygens (including phenoxy) is 1. The van der Waals surface area contributed by atoms with Crippen LogP contribution in [0.1, 0.15) is 13.3 Å². The van der Waals surface area contributed by atoms with Gasteiger partial charge in [-0.1, -0.05) is 60.2 Å². The zero-order valence-corrected chi connectivity index (χ0v) is 15.8. The van der Waals surface area contributed by atoms with Gasteiger partial charge in [-0.2, -0.15) is 0 Å². The maximum Gasteiger partial charge on any atom is 0.266 e. The van der Waals surface area contributed by atoms with Crippen molar-refractivity contribution in [2.24, 2.45) is 0 Å². The highest BCUT2D eigenvalue weighted by atomic mass is 35.5. The molecule has 1 heterocycles. The predicted octanol–water partition coefficient (Wildman–Crippen LogP) is 4.68. The summed E-state index contributed by atoms with van der Waals surface area (Å²) in [7, 11) is 0. The van der Waals surface area contributed by atoms with Gasteiger partial charge in [-0.15, -0.1) is 10.2 Å². The van der Waals surface area contributed by atoms with Crippen molar-refractivity contribution in [3.05, 3.63) is 59.6 Å². The van der Waals surface area contributed by atoms with Crippen LogP contribution in [0.2, 0.25) is 5.02 Å². The second-order valence-electron chi connectivity index (χ2n) is 5.54. The lowest BCUT2D eigenvalue weighted by atomic mass is 10.2. The number of anilines is 1. The number of rotatable bonds is 7. The first-order chi connectivity index (χ1) is 12.7. The SMILES string of the molecule is CCCN(C(=O)COc1ccccc1)c1nnc(-c2ccc(Cl)cc2)s1. The van der Waals surface area contributed by atoms with Gasteiger partial charge in [-0.25, -0.2) is 0 Å². The summed E-state index contributed by atoms with van der Waals surface area (Å²) < 4.78 is 5.57. The third-order valence-electron chi connectivity index (χ3n) is 3.59. The number of amides is 1. The summed E-state index contributed by atoms with van der Waals surface area (Å²) in [5, 5.41) is 10.4. The maximum absolute atomic E-state index is 12.6. The Balaban J connectivity index is 1.73. The highest BCUT2D eigenvalue weighted by Crippen LogP contribution is 2.29. The minimum atomic E-state index is -0.144. The Bertz CT molecular complexity index is 853. The molecule has 0 aliphatic heterocycles. The van der Waals surface area contributed by atoms with E-state index in [4.69, 9.17) is 16.3 Å². The van der Waals surface area contributed by atoms with E-state index in [0.717, 1.165) is 17.0 Å². The lowest BCUT2D eigenvalue weighted by Gasteiger charge is -2.18. The summed E-state index contributed by atoms with van der Waals surface area (Å²) in [6.07, 6.45) is 0.812. The second kappa shape index (κ2) is 8.78. The van der Waals surface area contributed by atoms with Crippen LogP contribution < -0.4 is 9.64 Å². The number of para-hydroxylation sites is 1. The molecule has 0 aliphatic rings. The molecule has 0 spiro atoms. The summed E-state index contributed by atoms with van der Waals surface area (Å²) in [4.78, 5) is 14.2. The average Bonchev–Trinajstić information content (AvgIpc) is 3.15. The Labute approximate surface area is 161 Å². The Morgan fingerprint density at radius 2 is 1.85 bits per heavy atom. The van der Waals surface area contributed by atoms with E-state index in [1.54, 1.807) is 17.0 Å². The van der Waals surface area contributed by atoms with Crippen LogP contribution in [0.15, 0.2) is 54.6 Å². The topological polar surface area (TPSA) is 55.3 Å². The highest BCUT2D eigenvalue weighted by molar-refractivity contribution is 7.18. The molecule has 0 N–H and O–H groups in total. The normalized spacial score (nSPS) is 10.5. The number of hydrogen-bond donors (Lipinski definition) is 0. The van der Waals surface area contributed by atoms with Crippen LogP contribution >= 0.6 is 22.9 Å². The molecular weight excluding hydrogens is 370 g/mol. The molecule has 0 atom stereocenters. The van der Waals surface area contributed by atoms with E-state index >= 15 is 0 Å². The Kier molecular flexibility index (Phi) is 6.20. The Morgan fingerprint density at radius 3 is 2.54 bits per heavy atom. The van der Waals surface area contributed by atoms with E-state index in [1.165, 1.54) is 11.3 Å². The number of benzene rings is 2. The first kappa shape index (κ1) is 18.4. The van der Waals surface area contributed by atoms with E-state index in [0.29, 0.717) is 22.4 Å². The summed E-state index contributed by atoms with van der Waals surface area (Å²) in [5.41, 5.74) is 0.919. The molecule has 0 radical (unpaired) electrons. The van der Waals surface area contributed by atoms with Crippen molar-refractivity contribution in [2.75, 3.05) is 18.1 Å². The fraction of sp³-hybridized carbons (Fsp3) is 0.211. The molecule has 0 saturated heterocycles. The van der Waals surface area contributed by atoms with Crippen LogP contribution in [-0.4, -0.2) is 29.3 Å². The molecule has 26 heavy (non-hydrogen) atoms. The lowest BCUT2D eigenvalue weighted by molar-refractivity contribution is -0.120. The zero-order valence-electron chi connectivity index (χ0n) is 14.3. The summed E-state index contributed by atoms with van der Waals surface area (Å²) in [6.45, 7) is 2.53. The van der Waals surface area contributed by atoms with Gasteiger partial charge in [0, 0.05) is 17.1 Å². The third-order valence-corrected chi connectivity index (χ3v) is 4.84. The van der Waals surface area contributed by atoms with Gasteiger partial charge < -0.3 is 4.74 Å². The molecule has 5 nitrogen and oxygen atoms in total. The zero-order chi connectivity index (χ0) is 18.4. The average molecular weight is 388 g/mol. The van der Waals surface area contributed by atoms with E-state index in [-0.39, 0.29) is 12.5 Å². The standard InChI is InChI=1S/C19H18ClN3O2S/c1-2-12-23(17(24)13-25-16-6-4-3-5-7-16)19-22-21-18(26-19)14-8-10-15(20)11-9-14/h3-11H,2,12-13H2,1H3. The van der Waals surface area contributed by atoms with Crippen LogP contribution in [-0.2, 0) is 4.79 Å². The Morgan fingerprint density at radius 1 is 1.12 bits per heavy atom. The van der Waals surface area contributed by atoms with Gasteiger partial charge in [-0.3, -0.25) is 9.69 Å². The van der Waals surface area contributed by atoms with Gasteiger partial charge in [0.15, 0.2) is 6.61 Å². The van der Waals surface area contributed by atoms with Crippen molar-refractivity contribution in [3.8, 4) is 16.3 Å². The molecule has 0 saturated carbocycles. The summed E-state index contributed by atoms with van der Waals surface area (Å²) in [6, 6.07) is 16.7. The first-order valence-electron chi connectivity index (χ1n) is 8.25. The second-order valence-corrected chi connectivity index (χ2v) is 6.94. The van der Waals surface area contributed by atoms with Gasteiger partial charge in [-0.05, 0) is 30.7 Å². The smallest absolute Gasteiger partial charge is 0.266 e. The number of aromatic nitrogens is 2. The van der Waals surface area contributed by atoms with Crippen LogP contribution in [0.4, 0.5) is 5.13 Å². The minimum Gasteiger partial charge on any atom is -0.484 e. The number of carbonyl (C=O) groups excluding carboxylic acids is 1. The lowest BCUT2D eigenvalue weighted by Crippen LogP contribution is -2.35. The quantitative estimate of drug-likeness (QED) is 0.590. The van der Waals surface area contributed by atoms with Crippen LogP contribution in [0.25, 0.3) is 10.6 Å². The predicted molar refractivity (Wildman–Crippen MR) is 105 cm³/mol. The number of halogens is 1. The van der Waals surface area contributed by atoms with E-state index in [2.05, 4.69) is 10.2 Å². The largest absolute Gasteiger partial charge is 0.484 e. The molecule has 1 aromatic heterocycles. The minimum absolute atomic E-state index is 0.0418. The number of nitrogens with zero attached hydrogens (tertiary/aromatic N) is 3. The maximum atomic E-state index is 12.6. The van der Waals surface area contributed by atoms with Gasteiger partial charge in [0.05, 0.1) is 0 Å².